The van der Waals surface area contributed by atoms with Crippen LogP contribution >= 0.6 is 0 Å². The summed E-state index contributed by atoms with van der Waals surface area (Å²) in [6.07, 6.45) is 1.79. The van der Waals surface area contributed by atoms with Gasteiger partial charge in [0.1, 0.15) is 0 Å². The Kier molecular flexibility index (Phi) is 4.34. The lowest BCUT2D eigenvalue weighted by molar-refractivity contribution is 0.0630. The van der Waals surface area contributed by atoms with E-state index < -0.39 is 0 Å². The van der Waals surface area contributed by atoms with Gasteiger partial charge in [-0.1, -0.05) is 78.9 Å². The van der Waals surface area contributed by atoms with E-state index in [0.29, 0.717) is 6.54 Å². The lowest BCUT2D eigenvalue weighted by Crippen LogP contribution is -2.46. The van der Waals surface area contributed by atoms with Crippen molar-refractivity contribution in [1.29, 1.82) is 0 Å². The maximum absolute atomic E-state index is 13.1. The molecular formula is C23H21NO. The van der Waals surface area contributed by atoms with Gasteiger partial charge in [-0.2, -0.15) is 0 Å². The van der Waals surface area contributed by atoms with Crippen molar-refractivity contribution in [2.75, 3.05) is 0 Å². The number of fused-ring (bicyclic) bond motifs is 1. The van der Waals surface area contributed by atoms with E-state index in [2.05, 4.69) is 42.5 Å². The molecule has 0 bridgehead atoms. The summed E-state index contributed by atoms with van der Waals surface area (Å²) in [4.78, 5) is 15.2. The molecule has 1 heterocycles. The molecule has 0 unspecified atom stereocenters. The third-order valence-electron chi connectivity index (χ3n) is 4.91. The van der Waals surface area contributed by atoms with Crippen LogP contribution in [0.1, 0.15) is 27.0 Å². The van der Waals surface area contributed by atoms with Gasteiger partial charge in [-0.3, -0.25) is 4.79 Å². The first-order valence-electron chi connectivity index (χ1n) is 8.78. The lowest BCUT2D eigenvalue weighted by atomic mass is 9.89. The molecule has 1 aliphatic heterocycles. The Morgan fingerprint density at radius 1 is 0.760 bits per heavy atom. The minimum atomic E-state index is 0.145. The summed E-state index contributed by atoms with van der Waals surface area (Å²) in [5, 5.41) is 0. The zero-order chi connectivity index (χ0) is 17.1. The van der Waals surface area contributed by atoms with E-state index in [9.17, 15) is 4.79 Å². The third-order valence-corrected chi connectivity index (χ3v) is 4.91. The first-order valence-corrected chi connectivity index (χ1v) is 8.78. The highest BCUT2D eigenvalue weighted by atomic mass is 16.2. The normalized spacial score (nSPS) is 16.6. The number of rotatable bonds is 4. The molecule has 3 aromatic carbocycles. The fourth-order valence-corrected chi connectivity index (χ4v) is 3.64. The number of benzene rings is 3. The summed E-state index contributed by atoms with van der Waals surface area (Å²) in [7, 11) is 0. The molecule has 0 N–H and O–H groups in total. The monoisotopic (exact) mass is 327 g/mol. The van der Waals surface area contributed by atoms with E-state index in [0.717, 1.165) is 24.0 Å². The molecule has 0 radical (unpaired) electrons. The summed E-state index contributed by atoms with van der Waals surface area (Å²) in [5.41, 5.74) is 4.46. The van der Waals surface area contributed by atoms with Crippen molar-refractivity contribution in [2.24, 2.45) is 0 Å². The summed E-state index contributed by atoms with van der Waals surface area (Å²) < 4.78 is 0. The summed E-state index contributed by atoms with van der Waals surface area (Å²) in [6, 6.07) is 28.9. The zero-order valence-electron chi connectivity index (χ0n) is 14.1. The summed E-state index contributed by atoms with van der Waals surface area (Å²) >= 11 is 0. The molecule has 0 aromatic heterocycles. The van der Waals surface area contributed by atoms with Crippen LogP contribution in [-0.4, -0.2) is 16.8 Å². The van der Waals surface area contributed by atoms with Crippen molar-refractivity contribution in [3.05, 3.63) is 107 Å². The van der Waals surface area contributed by atoms with Crippen LogP contribution < -0.4 is 0 Å². The predicted octanol–water partition coefficient (Wildman–Crippen LogP) is 4.50. The van der Waals surface area contributed by atoms with Gasteiger partial charge in [-0.05, 0) is 35.6 Å². The van der Waals surface area contributed by atoms with E-state index in [1.807, 2.05) is 47.4 Å². The maximum atomic E-state index is 13.1. The SMILES string of the molecule is O=C1c2ccccc2C[C@H](Cc2ccccc2)N1Cc1ccccc1. The van der Waals surface area contributed by atoms with Crippen LogP contribution in [-0.2, 0) is 19.4 Å². The Bertz CT molecular complexity index is 858. The fourth-order valence-electron chi connectivity index (χ4n) is 3.64. The average molecular weight is 327 g/mol. The minimum absolute atomic E-state index is 0.145. The molecule has 4 rings (SSSR count). The van der Waals surface area contributed by atoms with Crippen LogP contribution in [0.25, 0.3) is 0 Å². The van der Waals surface area contributed by atoms with Crippen LogP contribution in [0.3, 0.4) is 0 Å². The molecule has 124 valence electrons. The van der Waals surface area contributed by atoms with Gasteiger partial charge in [0.05, 0.1) is 0 Å². The molecule has 25 heavy (non-hydrogen) atoms. The molecule has 0 saturated heterocycles. The third kappa shape index (κ3) is 3.34. The predicted molar refractivity (Wildman–Crippen MR) is 100 cm³/mol. The number of amides is 1. The van der Waals surface area contributed by atoms with Crippen molar-refractivity contribution in [3.8, 4) is 0 Å². The second-order valence-electron chi connectivity index (χ2n) is 6.62. The number of hydrogen-bond acceptors (Lipinski definition) is 1. The second-order valence-corrected chi connectivity index (χ2v) is 6.62. The number of nitrogens with zero attached hydrogens (tertiary/aromatic N) is 1. The van der Waals surface area contributed by atoms with Gasteiger partial charge >= 0.3 is 0 Å². The molecule has 3 aromatic rings. The average Bonchev–Trinajstić information content (AvgIpc) is 2.67. The quantitative estimate of drug-likeness (QED) is 0.691. The van der Waals surface area contributed by atoms with E-state index in [1.54, 1.807) is 0 Å². The summed E-state index contributed by atoms with van der Waals surface area (Å²) in [6.45, 7) is 0.658. The molecule has 2 heteroatoms. The van der Waals surface area contributed by atoms with E-state index in [-0.39, 0.29) is 11.9 Å². The number of hydrogen-bond donors (Lipinski definition) is 0. The van der Waals surface area contributed by atoms with Crippen LogP contribution in [0.5, 0.6) is 0 Å². The fraction of sp³-hybridized carbons (Fsp3) is 0.174. The van der Waals surface area contributed by atoms with Gasteiger partial charge in [0.25, 0.3) is 5.91 Å². The second kappa shape index (κ2) is 6.94. The van der Waals surface area contributed by atoms with Gasteiger partial charge < -0.3 is 4.90 Å². The van der Waals surface area contributed by atoms with Gasteiger partial charge in [-0.25, -0.2) is 0 Å². The Morgan fingerprint density at radius 2 is 1.36 bits per heavy atom. The molecule has 0 fully saturated rings. The van der Waals surface area contributed by atoms with Crippen LogP contribution in [0.4, 0.5) is 0 Å². The van der Waals surface area contributed by atoms with Crippen molar-refractivity contribution in [1.82, 2.24) is 4.90 Å². The topological polar surface area (TPSA) is 20.3 Å². The van der Waals surface area contributed by atoms with Crippen molar-refractivity contribution in [2.45, 2.75) is 25.4 Å². The zero-order valence-corrected chi connectivity index (χ0v) is 14.1. The number of carbonyl (C=O) groups is 1. The lowest BCUT2D eigenvalue weighted by Gasteiger charge is -2.37. The number of carbonyl (C=O) groups excluding carboxylic acids is 1. The highest BCUT2D eigenvalue weighted by Gasteiger charge is 2.32. The Labute approximate surface area is 148 Å². The van der Waals surface area contributed by atoms with Gasteiger partial charge in [0, 0.05) is 18.2 Å². The molecule has 0 spiro atoms. The highest BCUT2D eigenvalue weighted by Crippen LogP contribution is 2.27. The first kappa shape index (κ1) is 15.6. The standard InChI is InChI=1S/C23H21NO/c25-23-22-14-8-7-13-20(22)16-21(15-18-9-3-1-4-10-18)24(23)17-19-11-5-2-6-12-19/h1-14,21H,15-17H2/t21-/m0/s1. The first-order chi connectivity index (χ1) is 12.3. The highest BCUT2D eigenvalue weighted by molar-refractivity contribution is 5.97. The summed E-state index contributed by atoms with van der Waals surface area (Å²) in [5.74, 6) is 0.145. The Balaban J connectivity index is 1.67. The molecular weight excluding hydrogens is 306 g/mol. The van der Waals surface area contributed by atoms with Gasteiger partial charge in [-0.15, -0.1) is 0 Å². The van der Waals surface area contributed by atoms with Crippen molar-refractivity contribution < 1.29 is 4.79 Å². The van der Waals surface area contributed by atoms with E-state index in [1.165, 1.54) is 11.1 Å². The minimum Gasteiger partial charge on any atom is -0.331 e. The molecule has 1 amide bonds. The van der Waals surface area contributed by atoms with Crippen molar-refractivity contribution >= 4 is 5.91 Å². The van der Waals surface area contributed by atoms with Gasteiger partial charge in [0.15, 0.2) is 0 Å². The van der Waals surface area contributed by atoms with Crippen LogP contribution in [0.2, 0.25) is 0 Å². The molecule has 1 aliphatic rings. The largest absolute Gasteiger partial charge is 0.331 e. The molecule has 0 aliphatic carbocycles. The maximum Gasteiger partial charge on any atom is 0.254 e. The van der Waals surface area contributed by atoms with E-state index in [4.69, 9.17) is 0 Å². The van der Waals surface area contributed by atoms with Crippen molar-refractivity contribution in [3.63, 3.8) is 0 Å². The molecule has 0 saturated carbocycles. The van der Waals surface area contributed by atoms with Gasteiger partial charge in [0.2, 0.25) is 0 Å². The molecule has 2 nitrogen and oxygen atoms in total. The van der Waals surface area contributed by atoms with Crippen LogP contribution in [0.15, 0.2) is 84.9 Å². The Hall–Kier alpha value is -2.87. The van der Waals surface area contributed by atoms with Crippen LogP contribution in [0, 0.1) is 0 Å². The Morgan fingerprint density at radius 3 is 2.08 bits per heavy atom. The smallest absolute Gasteiger partial charge is 0.254 e. The molecule has 1 atom stereocenters. The van der Waals surface area contributed by atoms with E-state index >= 15 is 0 Å².